The van der Waals surface area contributed by atoms with E-state index in [1.807, 2.05) is 6.92 Å². The summed E-state index contributed by atoms with van der Waals surface area (Å²) in [4.78, 5) is 26.7. The van der Waals surface area contributed by atoms with Gasteiger partial charge in [0.2, 0.25) is 0 Å². The average Bonchev–Trinajstić information content (AvgIpc) is 2.33. The summed E-state index contributed by atoms with van der Waals surface area (Å²) in [6.07, 6.45) is -0.0123. The van der Waals surface area contributed by atoms with E-state index in [0.717, 1.165) is 0 Å². The van der Waals surface area contributed by atoms with E-state index in [2.05, 4.69) is 10.3 Å². The van der Waals surface area contributed by atoms with Crippen molar-refractivity contribution in [2.45, 2.75) is 46.3 Å². The lowest BCUT2D eigenvalue weighted by Crippen LogP contribution is -2.32. The maximum Gasteiger partial charge on any atom is 0.407 e. The number of carbonyl (C=O) groups is 2. The van der Waals surface area contributed by atoms with Gasteiger partial charge in [-0.2, -0.15) is 0 Å². The number of alkyl carbamates (subject to hydrolysis) is 1. The van der Waals surface area contributed by atoms with Crippen LogP contribution < -0.4 is 5.32 Å². The highest BCUT2D eigenvalue weighted by atomic mass is 16.6. The summed E-state index contributed by atoms with van der Waals surface area (Å²) in [5, 5.41) is 11.6. The van der Waals surface area contributed by atoms with Crippen molar-refractivity contribution >= 4 is 12.1 Å². The van der Waals surface area contributed by atoms with Crippen molar-refractivity contribution in [3.63, 3.8) is 0 Å². The second kappa shape index (κ2) is 6.36. The van der Waals surface area contributed by atoms with Crippen molar-refractivity contribution in [3.05, 3.63) is 29.1 Å². The standard InChI is InChI=1S/C14H20N2O4/c1-5-11-10(12(17)18)7-6-9(16-11)8-15-13(19)20-14(2,3)4/h6-7H,5,8H2,1-4H3,(H,15,19)(H,17,18). The SMILES string of the molecule is CCc1nc(CNC(=O)OC(C)(C)C)ccc1C(=O)O. The Bertz CT molecular complexity index is 506. The van der Waals surface area contributed by atoms with Gasteiger partial charge in [0.15, 0.2) is 0 Å². The van der Waals surface area contributed by atoms with Crippen LogP contribution in [0.2, 0.25) is 0 Å². The topological polar surface area (TPSA) is 88.5 Å². The number of nitrogens with one attached hydrogen (secondary N) is 1. The molecule has 1 aromatic rings. The average molecular weight is 280 g/mol. The number of aryl methyl sites for hydroxylation is 1. The molecule has 0 atom stereocenters. The van der Waals surface area contributed by atoms with E-state index in [-0.39, 0.29) is 12.1 Å². The van der Waals surface area contributed by atoms with Crippen LogP contribution in [0.3, 0.4) is 0 Å². The van der Waals surface area contributed by atoms with Gasteiger partial charge in [0, 0.05) is 0 Å². The molecule has 0 aromatic carbocycles. The molecule has 0 bridgehead atoms. The Labute approximate surface area is 118 Å². The number of nitrogens with zero attached hydrogens (tertiary/aromatic N) is 1. The van der Waals surface area contributed by atoms with Crippen LogP contribution >= 0.6 is 0 Å². The number of carbonyl (C=O) groups excluding carboxylic acids is 1. The molecular weight excluding hydrogens is 260 g/mol. The molecule has 1 rings (SSSR count). The summed E-state index contributed by atoms with van der Waals surface area (Å²) in [6, 6.07) is 3.08. The Balaban J connectivity index is 2.70. The Morgan fingerprint density at radius 3 is 2.50 bits per heavy atom. The molecule has 0 aliphatic heterocycles. The molecule has 0 aliphatic rings. The number of hydrogen-bond acceptors (Lipinski definition) is 4. The van der Waals surface area contributed by atoms with Crippen molar-refractivity contribution in [2.24, 2.45) is 0 Å². The molecule has 0 fully saturated rings. The summed E-state index contributed by atoms with van der Waals surface area (Å²) in [6.45, 7) is 7.37. The van der Waals surface area contributed by atoms with Crippen LogP contribution in [0.4, 0.5) is 4.79 Å². The van der Waals surface area contributed by atoms with Gasteiger partial charge in [0.25, 0.3) is 0 Å². The minimum atomic E-state index is -0.999. The molecule has 6 nitrogen and oxygen atoms in total. The van der Waals surface area contributed by atoms with E-state index in [0.29, 0.717) is 17.8 Å². The highest BCUT2D eigenvalue weighted by Crippen LogP contribution is 2.10. The molecule has 6 heteroatoms. The Hall–Kier alpha value is -2.11. The predicted molar refractivity (Wildman–Crippen MR) is 73.6 cm³/mol. The lowest BCUT2D eigenvalue weighted by atomic mass is 10.1. The van der Waals surface area contributed by atoms with Crippen LogP contribution in [0.15, 0.2) is 12.1 Å². The van der Waals surface area contributed by atoms with Gasteiger partial charge in [-0.15, -0.1) is 0 Å². The van der Waals surface area contributed by atoms with Crippen LogP contribution in [-0.4, -0.2) is 27.8 Å². The monoisotopic (exact) mass is 280 g/mol. The molecule has 0 saturated carbocycles. The van der Waals surface area contributed by atoms with Crippen LogP contribution in [0.25, 0.3) is 0 Å². The molecule has 0 unspecified atom stereocenters. The first-order valence-corrected chi connectivity index (χ1v) is 6.42. The van der Waals surface area contributed by atoms with E-state index in [1.54, 1.807) is 26.8 Å². The van der Waals surface area contributed by atoms with Gasteiger partial charge < -0.3 is 15.2 Å². The quantitative estimate of drug-likeness (QED) is 0.883. The van der Waals surface area contributed by atoms with E-state index >= 15 is 0 Å². The van der Waals surface area contributed by atoms with E-state index in [9.17, 15) is 9.59 Å². The third kappa shape index (κ3) is 4.87. The molecule has 110 valence electrons. The fourth-order valence-electron chi connectivity index (χ4n) is 1.59. The number of pyridine rings is 1. The molecule has 0 aliphatic carbocycles. The molecule has 1 aromatic heterocycles. The van der Waals surface area contributed by atoms with Crippen LogP contribution in [0.5, 0.6) is 0 Å². The second-order valence-corrected chi connectivity index (χ2v) is 5.31. The summed E-state index contributed by atoms with van der Waals surface area (Å²) < 4.78 is 5.11. The first kappa shape index (κ1) is 15.9. The number of carboxylic acids is 1. The third-order valence-corrected chi connectivity index (χ3v) is 2.41. The van der Waals surface area contributed by atoms with Gasteiger partial charge in [-0.1, -0.05) is 6.92 Å². The number of carboxylic acid groups (broad SMARTS) is 1. The van der Waals surface area contributed by atoms with E-state index < -0.39 is 17.7 Å². The van der Waals surface area contributed by atoms with Crippen molar-refractivity contribution in [1.29, 1.82) is 0 Å². The highest BCUT2D eigenvalue weighted by Gasteiger charge is 2.16. The Morgan fingerprint density at radius 2 is 2.00 bits per heavy atom. The van der Waals surface area contributed by atoms with Crippen LogP contribution in [-0.2, 0) is 17.7 Å². The lowest BCUT2D eigenvalue weighted by molar-refractivity contribution is 0.0522. The van der Waals surface area contributed by atoms with Gasteiger partial charge in [0.05, 0.1) is 23.5 Å². The van der Waals surface area contributed by atoms with Gasteiger partial charge in [-0.3, -0.25) is 4.98 Å². The van der Waals surface area contributed by atoms with Crippen LogP contribution in [0, 0.1) is 0 Å². The molecule has 0 radical (unpaired) electrons. The zero-order valence-electron chi connectivity index (χ0n) is 12.2. The van der Waals surface area contributed by atoms with Gasteiger partial charge in [-0.05, 0) is 39.3 Å². The number of ether oxygens (including phenoxy) is 1. The van der Waals surface area contributed by atoms with Gasteiger partial charge in [-0.25, -0.2) is 9.59 Å². The minimum absolute atomic E-state index is 0.188. The first-order valence-electron chi connectivity index (χ1n) is 6.42. The molecule has 1 heterocycles. The molecule has 0 saturated heterocycles. The molecule has 20 heavy (non-hydrogen) atoms. The Morgan fingerprint density at radius 1 is 1.35 bits per heavy atom. The number of rotatable bonds is 4. The predicted octanol–water partition coefficient (Wildman–Crippen LogP) is 2.37. The molecular formula is C14H20N2O4. The van der Waals surface area contributed by atoms with Gasteiger partial charge >= 0.3 is 12.1 Å². The summed E-state index contributed by atoms with van der Waals surface area (Å²) in [5.74, 6) is -0.999. The fraction of sp³-hybridized carbons (Fsp3) is 0.500. The fourth-order valence-corrected chi connectivity index (χ4v) is 1.59. The Kier molecular flexibility index (Phi) is 5.07. The van der Waals surface area contributed by atoms with Crippen LogP contribution in [0.1, 0.15) is 49.4 Å². The van der Waals surface area contributed by atoms with Gasteiger partial charge in [0.1, 0.15) is 5.60 Å². The largest absolute Gasteiger partial charge is 0.478 e. The first-order chi connectivity index (χ1) is 9.23. The summed E-state index contributed by atoms with van der Waals surface area (Å²) >= 11 is 0. The number of hydrogen-bond donors (Lipinski definition) is 2. The number of amides is 1. The molecule has 0 spiro atoms. The lowest BCUT2D eigenvalue weighted by Gasteiger charge is -2.19. The zero-order chi connectivity index (χ0) is 15.3. The summed E-state index contributed by atoms with van der Waals surface area (Å²) in [5.41, 5.74) is 0.728. The minimum Gasteiger partial charge on any atom is -0.478 e. The maximum absolute atomic E-state index is 11.5. The summed E-state index contributed by atoms with van der Waals surface area (Å²) in [7, 11) is 0. The second-order valence-electron chi connectivity index (χ2n) is 5.31. The van der Waals surface area contributed by atoms with Crippen molar-refractivity contribution < 1.29 is 19.4 Å². The number of aromatic carboxylic acids is 1. The molecule has 2 N–H and O–H groups in total. The van der Waals surface area contributed by atoms with E-state index in [4.69, 9.17) is 9.84 Å². The third-order valence-electron chi connectivity index (χ3n) is 2.41. The highest BCUT2D eigenvalue weighted by molar-refractivity contribution is 5.88. The maximum atomic E-state index is 11.5. The van der Waals surface area contributed by atoms with E-state index in [1.165, 1.54) is 6.07 Å². The number of aromatic nitrogens is 1. The van der Waals surface area contributed by atoms with Crippen molar-refractivity contribution in [3.8, 4) is 0 Å². The smallest absolute Gasteiger partial charge is 0.407 e. The van der Waals surface area contributed by atoms with Crippen molar-refractivity contribution in [1.82, 2.24) is 10.3 Å². The zero-order valence-corrected chi connectivity index (χ0v) is 12.2. The molecule has 1 amide bonds. The van der Waals surface area contributed by atoms with Crippen molar-refractivity contribution in [2.75, 3.05) is 0 Å². The normalized spacial score (nSPS) is 11.0.